The zero-order valence-corrected chi connectivity index (χ0v) is 16.3. The Morgan fingerprint density at radius 3 is 2.31 bits per heavy atom. The summed E-state index contributed by atoms with van der Waals surface area (Å²) in [6, 6.07) is 15.8. The number of ketones is 1. The first-order chi connectivity index (χ1) is 12.4. The van der Waals surface area contributed by atoms with Gasteiger partial charge in [0, 0.05) is 27.7 Å². The van der Waals surface area contributed by atoms with Crippen molar-refractivity contribution in [1.82, 2.24) is 4.57 Å². The molecule has 1 aromatic heterocycles. The Labute approximate surface area is 159 Å². The maximum absolute atomic E-state index is 12.4. The van der Waals surface area contributed by atoms with Crippen molar-refractivity contribution in [1.29, 1.82) is 0 Å². The van der Waals surface area contributed by atoms with E-state index in [0.29, 0.717) is 5.56 Å². The third-order valence-corrected chi connectivity index (χ3v) is 5.04. The summed E-state index contributed by atoms with van der Waals surface area (Å²) < 4.78 is 2.15. The third-order valence-electron chi connectivity index (χ3n) is 4.63. The molecule has 0 unspecified atom stereocenters. The molecule has 26 heavy (non-hydrogen) atoms. The first kappa shape index (κ1) is 18.2. The highest BCUT2D eigenvalue weighted by Gasteiger charge is 2.10. The van der Waals surface area contributed by atoms with E-state index in [2.05, 4.69) is 30.5 Å². The topological polar surface area (TPSA) is 22.0 Å². The second-order valence-electron chi connectivity index (χ2n) is 6.66. The molecular weight excluding hydrogens is 342 g/mol. The molecule has 2 nitrogen and oxygen atoms in total. The molecule has 0 amide bonds. The van der Waals surface area contributed by atoms with Gasteiger partial charge in [-0.15, -0.1) is 0 Å². The lowest BCUT2D eigenvalue weighted by Crippen LogP contribution is -1.99. The molecule has 0 aliphatic rings. The van der Waals surface area contributed by atoms with E-state index in [1.165, 1.54) is 0 Å². The zero-order valence-electron chi connectivity index (χ0n) is 15.5. The van der Waals surface area contributed by atoms with Gasteiger partial charge in [-0.05, 0) is 69.2 Å². The minimum Gasteiger partial charge on any atom is -0.318 e. The standard InChI is InChI=1S/C23H22ClNO/c1-15-5-8-19(9-6-15)23(26)12-10-20-13-17(3)25(18(20)4)21-11-7-16(2)22(24)14-21/h5-14H,1-4H3/b12-10+. The van der Waals surface area contributed by atoms with E-state index < -0.39 is 0 Å². The molecule has 0 atom stereocenters. The minimum absolute atomic E-state index is 0.00758. The van der Waals surface area contributed by atoms with Crippen LogP contribution >= 0.6 is 11.6 Å². The van der Waals surface area contributed by atoms with Crippen molar-refractivity contribution in [2.24, 2.45) is 0 Å². The van der Waals surface area contributed by atoms with E-state index in [1.807, 2.05) is 56.3 Å². The maximum Gasteiger partial charge on any atom is 0.185 e. The molecule has 3 aromatic rings. The number of nitrogens with zero attached hydrogens (tertiary/aromatic N) is 1. The maximum atomic E-state index is 12.4. The van der Waals surface area contributed by atoms with Gasteiger partial charge in [-0.1, -0.05) is 47.5 Å². The number of carbonyl (C=O) groups excluding carboxylic acids is 1. The molecule has 0 spiro atoms. The van der Waals surface area contributed by atoms with Gasteiger partial charge in [0.1, 0.15) is 0 Å². The van der Waals surface area contributed by atoms with Gasteiger partial charge in [-0.3, -0.25) is 4.79 Å². The molecule has 0 radical (unpaired) electrons. The van der Waals surface area contributed by atoms with Gasteiger partial charge in [0.25, 0.3) is 0 Å². The fourth-order valence-electron chi connectivity index (χ4n) is 3.05. The van der Waals surface area contributed by atoms with Crippen LogP contribution in [0, 0.1) is 27.7 Å². The van der Waals surface area contributed by atoms with Crippen LogP contribution in [0.2, 0.25) is 5.02 Å². The SMILES string of the molecule is Cc1ccc(C(=O)/C=C/c2cc(C)n(-c3ccc(C)c(Cl)c3)c2C)cc1. The van der Waals surface area contributed by atoms with Crippen LogP contribution in [0.25, 0.3) is 11.8 Å². The molecule has 132 valence electrons. The molecule has 0 N–H and O–H groups in total. The largest absolute Gasteiger partial charge is 0.318 e. The van der Waals surface area contributed by atoms with Gasteiger partial charge in [0.15, 0.2) is 5.78 Å². The summed E-state index contributed by atoms with van der Waals surface area (Å²) in [5.74, 6) is 0.00758. The summed E-state index contributed by atoms with van der Waals surface area (Å²) in [6.07, 6.45) is 3.52. The monoisotopic (exact) mass is 363 g/mol. The van der Waals surface area contributed by atoms with Crippen molar-refractivity contribution >= 4 is 23.5 Å². The highest BCUT2D eigenvalue weighted by Crippen LogP contribution is 2.25. The van der Waals surface area contributed by atoms with Crippen molar-refractivity contribution in [3.05, 3.63) is 93.3 Å². The Morgan fingerprint density at radius 2 is 1.65 bits per heavy atom. The predicted molar refractivity (Wildman–Crippen MR) is 110 cm³/mol. The number of rotatable bonds is 4. The number of carbonyl (C=O) groups is 1. The smallest absolute Gasteiger partial charge is 0.185 e. The number of aromatic nitrogens is 1. The summed E-state index contributed by atoms with van der Waals surface area (Å²) in [4.78, 5) is 12.4. The lowest BCUT2D eigenvalue weighted by Gasteiger charge is -2.11. The van der Waals surface area contributed by atoms with E-state index in [9.17, 15) is 4.79 Å². The quantitative estimate of drug-likeness (QED) is 0.396. The van der Waals surface area contributed by atoms with Crippen LogP contribution < -0.4 is 0 Å². The Hall–Kier alpha value is -2.58. The van der Waals surface area contributed by atoms with Crippen molar-refractivity contribution in [2.75, 3.05) is 0 Å². The number of benzene rings is 2. The molecular formula is C23H22ClNO. The molecule has 1 heterocycles. The van der Waals surface area contributed by atoms with Gasteiger partial charge >= 0.3 is 0 Å². The Morgan fingerprint density at radius 1 is 0.962 bits per heavy atom. The summed E-state index contributed by atoms with van der Waals surface area (Å²) in [5.41, 5.74) is 7.14. The Kier molecular flexibility index (Phi) is 5.15. The lowest BCUT2D eigenvalue weighted by atomic mass is 10.1. The van der Waals surface area contributed by atoms with Crippen LogP contribution in [0.5, 0.6) is 0 Å². The fourth-order valence-corrected chi connectivity index (χ4v) is 3.23. The Bertz CT molecular complexity index is 994. The minimum atomic E-state index is 0.00758. The number of halogens is 1. The van der Waals surface area contributed by atoms with E-state index in [-0.39, 0.29) is 5.78 Å². The average Bonchev–Trinajstić information content (AvgIpc) is 2.90. The molecule has 0 saturated carbocycles. The van der Waals surface area contributed by atoms with Crippen LogP contribution in [-0.4, -0.2) is 10.4 Å². The van der Waals surface area contributed by atoms with Gasteiger partial charge in [0.2, 0.25) is 0 Å². The highest BCUT2D eigenvalue weighted by atomic mass is 35.5. The number of hydrogen-bond donors (Lipinski definition) is 0. The van der Waals surface area contributed by atoms with Crippen LogP contribution in [-0.2, 0) is 0 Å². The second-order valence-corrected chi connectivity index (χ2v) is 7.07. The van der Waals surface area contributed by atoms with Gasteiger partial charge in [-0.2, -0.15) is 0 Å². The van der Waals surface area contributed by atoms with Crippen molar-refractivity contribution in [3.63, 3.8) is 0 Å². The molecule has 0 bridgehead atoms. The number of aryl methyl sites for hydroxylation is 3. The third kappa shape index (κ3) is 3.66. The second kappa shape index (κ2) is 7.35. The van der Waals surface area contributed by atoms with E-state index >= 15 is 0 Å². The predicted octanol–water partition coefficient (Wildman–Crippen LogP) is 6.26. The molecule has 3 rings (SSSR count). The molecule has 0 saturated heterocycles. The van der Waals surface area contributed by atoms with Crippen molar-refractivity contribution in [3.8, 4) is 5.69 Å². The molecule has 0 aliphatic carbocycles. The molecule has 3 heteroatoms. The van der Waals surface area contributed by atoms with Gasteiger partial charge in [-0.25, -0.2) is 0 Å². The van der Waals surface area contributed by atoms with E-state index in [1.54, 1.807) is 6.08 Å². The van der Waals surface area contributed by atoms with Crippen LogP contribution in [0.15, 0.2) is 54.6 Å². The summed E-state index contributed by atoms with van der Waals surface area (Å²) >= 11 is 6.28. The van der Waals surface area contributed by atoms with Gasteiger partial charge < -0.3 is 4.57 Å². The van der Waals surface area contributed by atoms with Crippen LogP contribution in [0.1, 0.15) is 38.4 Å². The van der Waals surface area contributed by atoms with Crippen LogP contribution in [0.4, 0.5) is 0 Å². The molecule has 0 fully saturated rings. The Balaban J connectivity index is 1.91. The summed E-state index contributed by atoms with van der Waals surface area (Å²) in [7, 11) is 0. The van der Waals surface area contributed by atoms with Crippen molar-refractivity contribution < 1.29 is 4.79 Å². The molecule has 2 aromatic carbocycles. The van der Waals surface area contributed by atoms with E-state index in [4.69, 9.17) is 11.6 Å². The fraction of sp³-hybridized carbons (Fsp3) is 0.174. The van der Waals surface area contributed by atoms with Gasteiger partial charge in [0.05, 0.1) is 0 Å². The van der Waals surface area contributed by atoms with Crippen LogP contribution in [0.3, 0.4) is 0 Å². The van der Waals surface area contributed by atoms with Crippen molar-refractivity contribution in [2.45, 2.75) is 27.7 Å². The lowest BCUT2D eigenvalue weighted by molar-refractivity contribution is 0.104. The van der Waals surface area contributed by atoms with E-state index in [0.717, 1.165) is 38.8 Å². The summed E-state index contributed by atoms with van der Waals surface area (Å²) in [6.45, 7) is 8.11. The molecule has 0 aliphatic heterocycles. The number of hydrogen-bond acceptors (Lipinski definition) is 1. The normalized spacial score (nSPS) is 11.3. The average molecular weight is 364 g/mol. The first-order valence-corrected chi connectivity index (χ1v) is 8.99. The summed E-state index contributed by atoms with van der Waals surface area (Å²) in [5, 5.41) is 0.752. The zero-order chi connectivity index (χ0) is 18.8. The highest BCUT2D eigenvalue weighted by molar-refractivity contribution is 6.31. The first-order valence-electron chi connectivity index (χ1n) is 8.61. The number of allylic oxidation sites excluding steroid dienone is 1.